The van der Waals surface area contributed by atoms with Crippen LogP contribution in [0.15, 0.2) is 29.3 Å². The van der Waals surface area contributed by atoms with E-state index in [1.807, 2.05) is 24.3 Å². The molecule has 0 spiro atoms. The average molecular weight is 393 g/mol. The molecule has 0 aliphatic carbocycles. The van der Waals surface area contributed by atoms with Gasteiger partial charge in [0.2, 0.25) is 0 Å². The highest BCUT2D eigenvalue weighted by molar-refractivity contribution is 6.30. The first kappa shape index (κ1) is 20.6. The molecule has 1 saturated heterocycles. The van der Waals surface area contributed by atoms with Crippen molar-refractivity contribution in [1.82, 2.24) is 10.2 Å². The van der Waals surface area contributed by atoms with Crippen molar-refractivity contribution in [2.75, 3.05) is 57.9 Å². The standard InChI is InChI=1S/C17H24ClF3N4O/c1-22-16(23-6-3-11-26-13-17(19,20)21)25-9-7-24(8-10-25)15-5-2-4-14(18)12-15/h2,4-5,12H,3,6-11,13H2,1H3,(H,22,23). The lowest BCUT2D eigenvalue weighted by Crippen LogP contribution is -2.52. The zero-order chi connectivity index (χ0) is 19.0. The van der Waals surface area contributed by atoms with E-state index in [1.54, 1.807) is 7.05 Å². The van der Waals surface area contributed by atoms with Crippen molar-refractivity contribution in [1.29, 1.82) is 0 Å². The van der Waals surface area contributed by atoms with E-state index in [-0.39, 0.29) is 6.61 Å². The van der Waals surface area contributed by atoms with Crippen LogP contribution < -0.4 is 10.2 Å². The van der Waals surface area contributed by atoms with Crippen LogP contribution in [0.1, 0.15) is 6.42 Å². The highest BCUT2D eigenvalue weighted by Gasteiger charge is 2.27. The summed E-state index contributed by atoms with van der Waals surface area (Å²) < 4.78 is 40.6. The second-order valence-electron chi connectivity index (χ2n) is 5.95. The number of alkyl halides is 3. The van der Waals surface area contributed by atoms with Gasteiger partial charge in [-0.25, -0.2) is 0 Å². The van der Waals surface area contributed by atoms with Crippen LogP contribution in [0.2, 0.25) is 5.02 Å². The summed E-state index contributed by atoms with van der Waals surface area (Å²) in [7, 11) is 1.70. The number of anilines is 1. The summed E-state index contributed by atoms with van der Waals surface area (Å²) in [6, 6.07) is 7.78. The van der Waals surface area contributed by atoms with Gasteiger partial charge in [0.05, 0.1) is 0 Å². The summed E-state index contributed by atoms with van der Waals surface area (Å²) in [6.45, 7) is 2.66. The topological polar surface area (TPSA) is 40.1 Å². The Morgan fingerprint density at radius 3 is 2.62 bits per heavy atom. The van der Waals surface area contributed by atoms with Gasteiger partial charge >= 0.3 is 6.18 Å². The Morgan fingerprint density at radius 2 is 2.00 bits per heavy atom. The molecule has 0 atom stereocenters. The van der Waals surface area contributed by atoms with E-state index >= 15 is 0 Å². The molecule has 0 saturated carbocycles. The zero-order valence-corrected chi connectivity index (χ0v) is 15.5. The van der Waals surface area contributed by atoms with Crippen molar-refractivity contribution in [2.24, 2.45) is 4.99 Å². The first-order valence-corrected chi connectivity index (χ1v) is 8.87. The molecule has 1 fully saturated rings. The molecule has 0 bridgehead atoms. The Kier molecular flexibility index (Phi) is 7.84. The lowest BCUT2D eigenvalue weighted by molar-refractivity contribution is -0.173. The molecule has 1 heterocycles. The number of rotatable bonds is 6. The van der Waals surface area contributed by atoms with Crippen LogP contribution in [0.3, 0.4) is 0 Å². The molecule has 0 amide bonds. The maximum Gasteiger partial charge on any atom is 0.411 e. The summed E-state index contributed by atoms with van der Waals surface area (Å²) in [5.41, 5.74) is 1.10. The minimum absolute atomic E-state index is 0.0616. The highest BCUT2D eigenvalue weighted by Crippen LogP contribution is 2.20. The van der Waals surface area contributed by atoms with Crippen LogP contribution >= 0.6 is 11.6 Å². The molecule has 1 aromatic carbocycles. The highest BCUT2D eigenvalue weighted by atomic mass is 35.5. The number of aliphatic imine (C=N–C) groups is 1. The molecular formula is C17H24ClF3N4O. The number of benzene rings is 1. The predicted octanol–water partition coefficient (Wildman–Crippen LogP) is 3.01. The number of halogens is 4. The first-order valence-electron chi connectivity index (χ1n) is 8.49. The Labute approximate surface area is 156 Å². The van der Waals surface area contributed by atoms with Gasteiger partial charge in [-0.15, -0.1) is 0 Å². The van der Waals surface area contributed by atoms with Gasteiger partial charge in [0.1, 0.15) is 6.61 Å². The molecule has 2 rings (SSSR count). The molecule has 0 aromatic heterocycles. The van der Waals surface area contributed by atoms with Crippen LogP contribution in [-0.2, 0) is 4.74 Å². The number of guanidine groups is 1. The van der Waals surface area contributed by atoms with Gasteiger partial charge in [0.25, 0.3) is 0 Å². The minimum Gasteiger partial charge on any atom is -0.372 e. The lowest BCUT2D eigenvalue weighted by Gasteiger charge is -2.37. The second-order valence-corrected chi connectivity index (χ2v) is 6.39. The second kappa shape index (κ2) is 9.87. The van der Waals surface area contributed by atoms with Gasteiger partial charge < -0.3 is 19.9 Å². The van der Waals surface area contributed by atoms with Crippen LogP contribution in [0.4, 0.5) is 18.9 Å². The lowest BCUT2D eigenvalue weighted by atomic mass is 10.2. The molecule has 5 nitrogen and oxygen atoms in total. The zero-order valence-electron chi connectivity index (χ0n) is 14.7. The van der Waals surface area contributed by atoms with E-state index in [9.17, 15) is 13.2 Å². The molecule has 1 N–H and O–H groups in total. The van der Waals surface area contributed by atoms with Gasteiger partial charge in [-0.05, 0) is 24.6 Å². The summed E-state index contributed by atoms with van der Waals surface area (Å²) in [6.07, 6.45) is -3.79. The Balaban J connectivity index is 1.70. The molecule has 0 unspecified atom stereocenters. The van der Waals surface area contributed by atoms with Crippen molar-refractivity contribution in [3.05, 3.63) is 29.3 Å². The van der Waals surface area contributed by atoms with Gasteiger partial charge in [-0.2, -0.15) is 13.2 Å². The Morgan fingerprint density at radius 1 is 1.27 bits per heavy atom. The number of hydrogen-bond acceptors (Lipinski definition) is 3. The van der Waals surface area contributed by atoms with E-state index in [0.717, 1.165) is 42.8 Å². The fraction of sp³-hybridized carbons (Fsp3) is 0.588. The summed E-state index contributed by atoms with van der Waals surface area (Å²) in [5, 5.41) is 3.89. The molecule has 1 aromatic rings. The quantitative estimate of drug-likeness (QED) is 0.459. The monoisotopic (exact) mass is 392 g/mol. The molecule has 0 radical (unpaired) electrons. The molecule has 1 aliphatic rings. The summed E-state index contributed by atoms with van der Waals surface area (Å²) in [5.74, 6) is 0.756. The molecule has 1 aliphatic heterocycles. The Bertz CT molecular complexity index is 590. The van der Waals surface area contributed by atoms with Crippen LogP contribution in [0.5, 0.6) is 0 Å². The smallest absolute Gasteiger partial charge is 0.372 e. The maximum atomic E-state index is 12.0. The minimum atomic E-state index is -4.27. The van der Waals surface area contributed by atoms with E-state index in [1.165, 1.54) is 0 Å². The van der Waals surface area contributed by atoms with Gasteiger partial charge in [0, 0.05) is 57.1 Å². The average Bonchev–Trinajstić information content (AvgIpc) is 2.60. The fourth-order valence-corrected chi connectivity index (χ4v) is 2.93. The van der Waals surface area contributed by atoms with Crippen molar-refractivity contribution < 1.29 is 17.9 Å². The van der Waals surface area contributed by atoms with Crippen molar-refractivity contribution in [3.8, 4) is 0 Å². The molecule has 26 heavy (non-hydrogen) atoms. The third kappa shape index (κ3) is 6.92. The number of hydrogen-bond donors (Lipinski definition) is 1. The fourth-order valence-electron chi connectivity index (χ4n) is 2.74. The van der Waals surface area contributed by atoms with E-state index in [4.69, 9.17) is 11.6 Å². The maximum absolute atomic E-state index is 12.0. The third-order valence-electron chi connectivity index (χ3n) is 3.98. The van der Waals surface area contributed by atoms with Crippen LogP contribution in [0.25, 0.3) is 0 Å². The van der Waals surface area contributed by atoms with Crippen molar-refractivity contribution in [2.45, 2.75) is 12.6 Å². The SMILES string of the molecule is CN=C(NCCCOCC(F)(F)F)N1CCN(c2cccc(Cl)c2)CC1. The normalized spacial score (nSPS) is 16.1. The first-order chi connectivity index (χ1) is 12.4. The molecule has 146 valence electrons. The van der Waals surface area contributed by atoms with Crippen LogP contribution in [-0.4, -0.2) is 70.0 Å². The van der Waals surface area contributed by atoms with Crippen LogP contribution in [0, 0.1) is 0 Å². The van der Waals surface area contributed by atoms with E-state index in [0.29, 0.717) is 13.0 Å². The van der Waals surface area contributed by atoms with Gasteiger partial charge in [-0.3, -0.25) is 4.99 Å². The molecular weight excluding hydrogens is 369 g/mol. The van der Waals surface area contributed by atoms with E-state index in [2.05, 4.69) is 24.8 Å². The largest absolute Gasteiger partial charge is 0.411 e. The number of nitrogens with one attached hydrogen (secondary N) is 1. The van der Waals surface area contributed by atoms with Crippen molar-refractivity contribution >= 4 is 23.2 Å². The Hall–Kier alpha value is -1.67. The summed E-state index contributed by atoms with van der Waals surface area (Å²) in [4.78, 5) is 8.65. The predicted molar refractivity (Wildman–Crippen MR) is 98.1 cm³/mol. The number of ether oxygens (including phenoxy) is 1. The number of piperazine rings is 1. The van der Waals surface area contributed by atoms with Crippen molar-refractivity contribution in [3.63, 3.8) is 0 Å². The molecule has 9 heteroatoms. The van der Waals surface area contributed by atoms with Gasteiger partial charge in [-0.1, -0.05) is 17.7 Å². The number of nitrogens with zero attached hydrogens (tertiary/aromatic N) is 3. The van der Waals surface area contributed by atoms with Gasteiger partial charge in [0.15, 0.2) is 5.96 Å². The third-order valence-corrected chi connectivity index (χ3v) is 4.21. The van der Waals surface area contributed by atoms with E-state index < -0.39 is 12.8 Å². The summed E-state index contributed by atoms with van der Waals surface area (Å²) >= 11 is 6.05.